The van der Waals surface area contributed by atoms with Crippen LogP contribution in [-0.4, -0.2) is 31.2 Å². The first-order valence-corrected chi connectivity index (χ1v) is 6.40. The molecule has 0 unspecified atom stereocenters. The van der Waals surface area contributed by atoms with Crippen molar-refractivity contribution < 1.29 is 4.39 Å². The Labute approximate surface area is 103 Å². The van der Waals surface area contributed by atoms with E-state index < -0.39 is 0 Å². The van der Waals surface area contributed by atoms with Crippen LogP contribution in [0.4, 0.5) is 10.1 Å². The van der Waals surface area contributed by atoms with E-state index in [1.165, 1.54) is 18.4 Å². The van der Waals surface area contributed by atoms with Gasteiger partial charge in [0.1, 0.15) is 6.67 Å². The normalized spacial score (nSPS) is 18.4. The van der Waals surface area contributed by atoms with Gasteiger partial charge in [0.15, 0.2) is 0 Å². The quantitative estimate of drug-likeness (QED) is 0.814. The minimum absolute atomic E-state index is 0.220. The lowest BCUT2D eigenvalue weighted by Gasteiger charge is -2.31. The van der Waals surface area contributed by atoms with Gasteiger partial charge in [0.2, 0.25) is 0 Å². The van der Waals surface area contributed by atoms with Crippen LogP contribution in [-0.2, 0) is 6.42 Å². The molecule has 0 amide bonds. The summed E-state index contributed by atoms with van der Waals surface area (Å²) in [5.74, 6) is 0.745. The molecule has 94 valence electrons. The molecule has 0 atom stereocenters. The maximum Gasteiger partial charge on any atom is 0.102 e. The van der Waals surface area contributed by atoms with Gasteiger partial charge < -0.3 is 10.6 Å². The highest BCUT2D eigenvalue weighted by atomic mass is 19.1. The molecule has 1 aliphatic rings. The summed E-state index contributed by atoms with van der Waals surface area (Å²) in [6.45, 7) is 2.48. The Hall–Kier alpha value is -1.09. The van der Waals surface area contributed by atoms with Crippen molar-refractivity contribution in [3.63, 3.8) is 0 Å². The zero-order valence-corrected chi connectivity index (χ0v) is 10.2. The summed E-state index contributed by atoms with van der Waals surface area (Å²) < 4.78 is 12.2. The number of halogens is 1. The number of likely N-dealkylation sites (tertiary alicyclic amines) is 1. The fourth-order valence-corrected chi connectivity index (χ4v) is 2.52. The van der Waals surface area contributed by atoms with E-state index in [-0.39, 0.29) is 6.67 Å². The van der Waals surface area contributed by atoms with E-state index in [9.17, 15) is 4.39 Å². The summed E-state index contributed by atoms with van der Waals surface area (Å²) in [5, 5.41) is 0. The monoisotopic (exact) mass is 236 g/mol. The Balaban J connectivity index is 1.79. The lowest BCUT2D eigenvalue weighted by Crippen LogP contribution is -2.35. The second-order valence-electron chi connectivity index (χ2n) is 4.92. The third-order valence-electron chi connectivity index (χ3n) is 3.61. The molecule has 17 heavy (non-hydrogen) atoms. The van der Waals surface area contributed by atoms with Gasteiger partial charge >= 0.3 is 0 Å². The van der Waals surface area contributed by atoms with E-state index in [0.717, 1.165) is 31.1 Å². The van der Waals surface area contributed by atoms with Crippen molar-refractivity contribution in [1.29, 1.82) is 0 Å². The van der Waals surface area contributed by atoms with E-state index in [1.54, 1.807) is 0 Å². The van der Waals surface area contributed by atoms with Crippen molar-refractivity contribution in [3.8, 4) is 0 Å². The molecule has 1 fully saturated rings. The van der Waals surface area contributed by atoms with Crippen molar-refractivity contribution in [2.24, 2.45) is 5.92 Å². The van der Waals surface area contributed by atoms with E-state index in [4.69, 9.17) is 5.73 Å². The second kappa shape index (κ2) is 6.01. The highest BCUT2D eigenvalue weighted by Crippen LogP contribution is 2.21. The zero-order chi connectivity index (χ0) is 12.1. The average Bonchev–Trinajstić information content (AvgIpc) is 2.35. The van der Waals surface area contributed by atoms with E-state index in [2.05, 4.69) is 17.0 Å². The van der Waals surface area contributed by atoms with Crippen LogP contribution in [0.15, 0.2) is 24.3 Å². The molecule has 1 saturated heterocycles. The number of rotatable bonds is 4. The lowest BCUT2D eigenvalue weighted by molar-refractivity contribution is 0.172. The van der Waals surface area contributed by atoms with Crippen molar-refractivity contribution in [3.05, 3.63) is 29.8 Å². The van der Waals surface area contributed by atoms with Gasteiger partial charge in [-0.15, -0.1) is 0 Å². The predicted molar refractivity (Wildman–Crippen MR) is 69.7 cm³/mol. The minimum Gasteiger partial charge on any atom is -0.399 e. The Kier molecular flexibility index (Phi) is 4.37. The molecule has 0 aromatic heterocycles. The minimum atomic E-state index is -0.220. The number of piperidine rings is 1. The van der Waals surface area contributed by atoms with Crippen molar-refractivity contribution in [2.45, 2.75) is 19.3 Å². The predicted octanol–water partition coefficient (Wildman–Crippen LogP) is 2.49. The van der Waals surface area contributed by atoms with Gasteiger partial charge in [-0.05, 0) is 56.0 Å². The van der Waals surface area contributed by atoms with Crippen LogP contribution >= 0.6 is 0 Å². The number of anilines is 1. The third-order valence-corrected chi connectivity index (χ3v) is 3.61. The molecule has 0 bridgehead atoms. The molecular formula is C14H21FN2. The van der Waals surface area contributed by atoms with Crippen LogP contribution in [0.1, 0.15) is 18.4 Å². The first kappa shape index (κ1) is 12.4. The number of nitrogens with zero attached hydrogens (tertiary/aromatic N) is 1. The molecule has 2 N–H and O–H groups in total. The highest BCUT2D eigenvalue weighted by molar-refractivity contribution is 5.39. The van der Waals surface area contributed by atoms with Crippen LogP contribution in [0.3, 0.4) is 0 Å². The lowest BCUT2D eigenvalue weighted by atomic mass is 9.90. The summed E-state index contributed by atoms with van der Waals surface area (Å²) in [6.07, 6.45) is 3.50. The number of alkyl halides is 1. The van der Waals surface area contributed by atoms with Crippen LogP contribution in [0, 0.1) is 5.92 Å². The van der Waals surface area contributed by atoms with Gasteiger partial charge in [-0.1, -0.05) is 12.1 Å². The van der Waals surface area contributed by atoms with Gasteiger partial charge in [-0.2, -0.15) is 0 Å². The Morgan fingerprint density at radius 2 is 1.82 bits per heavy atom. The molecule has 3 heteroatoms. The van der Waals surface area contributed by atoms with Crippen LogP contribution in [0.25, 0.3) is 0 Å². The standard InChI is InChI=1S/C14H21FN2/c15-7-10-17-8-5-13(6-9-17)11-12-1-3-14(16)4-2-12/h1-4,13H,5-11,16H2. The van der Waals surface area contributed by atoms with Gasteiger partial charge in [-0.25, -0.2) is 4.39 Å². The molecule has 1 aliphatic heterocycles. The molecule has 1 heterocycles. The molecule has 2 nitrogen and oxygen atoms in total. The smallest absolute Gasteiger partial charge is 0.102 e. The number of hydrogen-bond acceptors (Lipinski definition) is 2. The molecule has 1 aromatic carbocycles. The van der Waals surface area contributed by atoms with Gasteiger partial charge in [0.25, 0.3) is 0 Å². The maximum absolute atomic E-state index is 12.2. The van der Waals surface area contributed by atoms with E-state index in [1.807, 2.05) is 12.1 Å². The zero-order valence-electron chi connectivity index (χ0n) is 10.2. The molecule has 0 spiro atoms. The van der Waals surface area contributed by atoms with Crippen LogP contribution in [0.2, 0.25) is 0 Å². The van der Waals surface area contributed by atoms with Crippen LogP contribution < -0.4 is 5.73 Å². The third kappa shape index (κ3) is 3.70. The first-order valence-electron chi connectivity index (χ1n) is 6.40. The Morgan fingerprint density at radius 1 is 1.18 bits per heavy atom. The summed E-state index contributed by atoms with van der Waals surface area (Å²) in [4.78, 5) is 2.22. The number of benzene rings is 1. The molecule has 2 rings (SSSR count). The van der Waals surface area contributed by atoms with Gasteiger partial charge in [0.05, 0.1) is 0 Å². The fourth-order valence-electron chi connectivity index (χ4n) is 2.52. The molecule has 0 saturated carbocycles. The number of hydrogen-bond donors (Lipinski definition) is 1. The molecular weight excluding hydrogens is 215 g/mol. The van der Waals surface area contributed by atoms with E-state index in [0.29, 0.717) is 6.54 Å². The van der Waals surface area contributed by atoms with E-state index >= 15 is 0 Å². The van der Waals surface area contributed by atoms with Gasteiger partial charge in [-0.3, -0.25) is 0 Å². The summed E-state index contributed by atoms with van der Waals surface area (Å²) >= 11 is 0. The Bertz CT molecular complexity index is 329. The summed E-state index contributed by atoms with van der Waals surface area (Å²) in [5.41, 5.74) is 7.86. The van der Waals surface area contributed by atoms with Crippen molar-refractivity contribution in [2.75, 3.05) is 32.0 Å². The van der Waals surface area contributed by atoms with Crippen LogP contribution in [0.5, 0.6) is 0 Å². The van der Waals surface area contributed by atoms with Crippen molar-refractivity contribution >= 4 is 5.69 Å². The van der Waals surface area contributed by atoms with Crippen molar-refractivity contribution in [1.82, 2.24) is 4.90 Å². The highest BCUT2D eigenvalue weighted by Gasteiger charge is 2.18. The molecule has 0 radical (unpaired) electrons. The number of nitrogens with two attached hydrogens (primary N) is 1. The average molecular weight is 236 g/mol. The molecule has 0 aliphatic carbocycles. The summed E-state index contributed by atoms with van der Waals surface area (Å²) in [6, 6.07) is 8.16. The fraction of sp³-hybridized carbons (Fsp3) is 0.571. The first-order chi connectivity index (χ1) is 8.28. The summed E-state index contributed by atoms with van der Waals surface area (Å²) in [7, 11) is 0. The number of nitrogen functional groups attached to an aromatic ring is 1. The Morgan fingerprint density at radius 3 is 2.41 bits per heavy atom. The van der Waals surface area contributed by atoms with Gasteiger partial charge in [0, 0.05) is 12.2 Å². The largest absolute Gasteiger partial charge is 0.399 e. The molecule has 1 aromatic rings. The maximum atomic E-state index is 12.2. The second-order valence-corrected chi connectivity index (χ2v) is 4.92. The topological polar surface area (TPSA) is 29.3 Å². The SMILES string of the molecule is Nc1ccc(CC2CCN(CCF)CC2)cc1.